The molecule has 1 aromatic carbocycles. The lowest BCUT2D eigenvalue weighted by Crippen LogP contribution is -2.29. The van der Waals surface area contributed by atoms with Crippen molar-refractivity contribution in [1.29, 1.82) is 0 Å². The van der Waals surface area contributed by atoms with E-state index in [0.717, 1.165) is 68.5 Å². The standard InChI is InChI=1S/C12H15ClFN.C7H9N3O/c1-15-6-4-9(5-7-15)11-8-10(14)2-3-12(11)13;11-4-7-5-3-8-2-1-6(5)9-10-7/h2-3,8-9H,4-7H2,1H3;4,8H,1-3H2,(H,9,10). The summed E-state index contributed by atoms with van der Waals surface area (Å²) in [5, 5.41) is 10.6. The van der Waals surface area contributed by atoms with Gasteiger partial charge in [-0.25, -0.2) is 4.39 Å². The van der Waals surface area contributed by atoms with Gasteiger partial charge in [-0.1, -0.05) is 11.6 Å². The summed E-state index contributed by atoms with van der Waals surface area (Å²) in [4.78, 5) is 12.7. The number of aromatic nitrogens is 2. The first-order valence-corrected chi connectivity index (χ1v) is 9.31. The first-order valence-electron chi connectivity index (χ1n) is 8.94. The van der Waals surface area contributed by atoms with Gasteiger partial charge in [-0.3, -0.25) is 9.89 Å². The lowest BCUT2D eigenvalue weighted by molar-refractivity contribution is 0.111. The van der Waals surface area contributed by atoms with E-state index in [4.69, 9.17) is 11.6 Å². The normalized spacial score (nSPS) is 18.0. The van der Waals surface area contributed by atoms with Crippen LogP contribution in [0.2, 0.25) is 5.02 Å². The quantitative estimate of drug-likeness (QED) is 0.788. The second-order valence-corrected chi connectivity index (χ2v) is 7.26. The molecule has 140 valence electrons. The van der Waals surface area contributed by atoms with Crippen molar-refractivity contribution in [3.05, 3.63) is 51.6 Å². The molecule has 0 amide bonds. The van der Waals surface area contributed by atoms with E-state index < -0.39 is 0 Å². The minimum Gasteiger partial charge on any atom is -0.312 e. The summed E-state index contributed by atoms with van der Waals surface area (Å²) in [6.45, 7) is 3.86. The Labute approximate surface area is 157 Å². The first-order chi connectivity index (χ1) is 12.6. The summed E-state index contributed by atoms with van der Waals surface area (Å²) in [6.07, 6.45) is 3.87. The van der Waals surface area contributed by atoms with Gasteiger partial charge in [-0.05, 0) is 62.7 Å². The molecule has 2 N–H and O–H groups in total. The number of nitrogens with zero attached hydrogens (tertiary/aromatic N) is 2. The van der Waals surface area contributed by atoms with Crippen molar-refractivity contribution >= 4 is 17.9 Å². The zero-order valence-corrected chi connectivity index (χ0v) is 15.7. The second kappa shape index (κ2) is 8.75. The van der Waals surface area contributed by atoms with Gasteiger partial charge in [-0.2, -0.15) is 5.10 Å². The van der Waals surface area contributed by atoms with E-state index in [2.05, 4.69) is 27.5 Å². The smallest absolute Gasteiger partial charge is 0.170 e. The summed E-state index contributed by atoms with van der Waals surface area (Å²) in [5.74, 6) is 0.234. The number of carbonyl (C=O) groups is 1. The van der Waals surface area contributed by atoms with Crippen molar-refractivity contribution in [1.82, 2.24) is 20.4 Å². The van der Waals surface area contributed by atoms with Crippen LogP contribution in [0, 0.1) is 5.82 Å². The lowest BCUT2D eigenvalue weighted by atomic mass is 9.89. The SMILES string of the molecule is CN1CCC(c2cc(F)ccc2Cl)CC1.O=Cc1n[nH]c2c1CNCC2. The maximum atomic E-state index is 13.1. The van der Waals surface area contributed by atoms with E-state index in [1.165, 1.54) is 6.07 Å². The van der Waals surface area contributed by atoms with Crippen LogP contribution < -0.4 is 5.32 Å². The number of piperidine rings is 1. The number of H-pyrrole nitrogens is 1. The highest BCUT2D eigenvalue weighted by Gasteiger charge is 2.20. The van der Waals surface area contributed by atoms with Crippen molar-refractivity contribution in [3.8, 4) is 0 Å². The minimum absolute atomic E-state index is 0.187. The molecule has 26 heavy (non-hydrogen) atoms. The first kappa shape index (κ1) is 19.0. The van der Waals surface area contributed by atoms with Crippen molar-refractivity contribution in [3.63, 3.8) is 0 Å². The van der Waals surface area contributed by atoms with Gasteiger partial charge in [0, 0.05) is 35.8 Å². The van der Waals surface area contributed by atoms with Crippen LogP contribution in [0.1, 0.15) is 46.1 Å². The van der Waals surface area contributed by atoms with Crippen molar-refractivity contribution in [2.24, 2.45) is 0 Å². The fourth-order valence-corrected chi connectivity index (χ4v) is 3.76. The second-order valence-electron chi connectivity index (χ2n) is 6.85. The molecule has 4 rings (SSSR count). The molecule has 7 heteroatoms. The van der Waals surface area contributed by atoms with Crippen LogP contribution >= 0.6 is 11.6 Å². The van der Waals surface area contributed by atoms with Gasteiger partial charge in [0.05, 0.1) is 0 Å². The Balaban J connectivity index is 0.000000158. The molecule has 2 aliphatic rings. The molecule has 1 aromatic heterocycles. The average molecular weight is 379 g/mol. The number of likely N-dealkylation sites (tertiary alicyclic amines) is 1. The summed E-state index contributed by atoms with van der Waals surface area (Å²) >= 11 is 6.09. The van der Waals surface area contributed by atoms with E-state index in [0.29, 0.717) is 16.6 Å². The van der Waals surface area contributed by atoms with Gasteiger partial charge < -0.3 is 10.2 Å². The molecule has 0 radical (unpaired) electrons. The highest BCUT2D eigenvalue weighted by molar-refractivity contribution is 6.31. The maximum absolute atomic E-state index is 13.1. The average Bonchev–Trinajstić information content (AvgIpc) is 3.08. The van der Waals surface area contributed by atoms with Crippen molar-refractivity contribution in [2.45, 2.75) is 31.7 Å². The van der Waals surface area contributed by atoms with Crippen LogP contribution in [0.3, 0.4) is 0 Å². The molecular formula is C19H24ClFN4O. The largest absolute Gasteiger partial charge is 0.312 e. The summed E-state index contributed by atoms with van der Waals surface area (Å²) in [6, 6.07) is 4.66. The Morgan fingerprint density at radius 1 is 1.35 bits per heavy atom. The van der Waals surface area contributed by atoms with Crippen LogP contribution in [0.25, 0.3) is 0 Å². The minimum atomic E-state index is -0.187. The molecule has 5 nitrogen and oxygen atoms in total. The van der Waals surface area contributed by atoms with Crippen LogP contribution in [0.4, 0.5) is 4.39 Å². The topological polar surface area (TPSA) is 61.0 Å². The molecule has 3 heterocycles. The fourth-order valence-electron chi connectivity index (χ4n) is 3.49. The summed E-state index contributed by atoms with van der Waals surface area (Å²) < 4.78 is 13.1. The van der Waals surface area contributed by atoms with Crippen LogP contribution in [0.5, 0.6) is 0 Å². The molecule has 0 aliphatic carbocycles. The van der Waals surface area contributed by atoms with Crippen LogP contribution in [0.15, 0.2) is 18.2 Å². The summed E-state index contributed by atoms with van der Waals surface area (Å²) in [7, 11) is 2.11. The van der Waals surface area contributed by atoms with Crippen LogP contribution in [-0.4, -0.2) is 48.1 Å². The Morgan fingerprint density at radius 3 is 2.85 bits per heavy atom. The predicted molar refractivity (Wildman–Crippen MR) is 100 cm³/mol. The van der Waals surface area contributed by atoms with Gasteiger partial charge >= 0.3 is 0 Å². The summed E-state index contributed by atoms with van der Waals surface area (Å²) in [5.41, 5.74) is 3.66. The Bertz CT molecular complexity index is 756. The van der Waals surface area contributed by atoms with Crippen molar-refractivity contribution in [2.75, 3.05) is 26.7 Å². The molecule has 0 bridgehead atoms. The number of rotatable bonds is 2. The molecular weight excluding hydrogens is 355 g/mol. The fraction of sp³-hybridized carbons (Fsp3) is 0.474. The molecule has 0 spiro atoms. The number of hydrogen-bond donors (Lipinski definition) is 2. The molecule has 0 atom stereocenters. The monoisotopic (exact) mass is 378 g/mol. The number of fused-ring (bicyclic) bond motifs is 1. The van der Waals surface area contributed by atoms with Gasteiger partial charge in [0.25, 0.3) is 0 Å². The third kappa shape index (κ3) is 4.50. The Kier molecular flexibility index (Phi) is 6.40. The van der Waals surface area contributed by atoms with Gasteiger partial charge in [0.1, 0.15) is 11.5 Å². The van der Waals surface area contributed by atoms with E-state index in [-0.39, 0.29) is 5.82 Å². The molecule has 2 aliphatic heterocycles. The lowest BCUT2D eigenvalue weighted by Gasteiger charge is -2.29. The third-order valence-corrected chi connectivity index (χ3v) is 5.41. The number of nitrogens with one attached hydrogen (secondary N) is 2. The highest BCUT2D eigenvalue weighted by atomic mass is 35.5. The van der Waals surface area contributed by atoms with Crippen LogP contribution in [-0.2, 0) is 13.0 Å². The van der Waals surface area contributed by atoms with Crippen molar-refractivity contribution < 1.29 is 9.18 Å². The molecule has 0 saturated carbocycles. The number of aromatic amines is 1. The maximum Gasteiger partial charge on any atom is 0.170 e. The molecule has 1 fully saturated rings. The van der Waals surface area contributed by atoms with E-state index >= 15 is 0 Å². The number of aldehydes is 1. The number of carbonyl (C=O) groups excluding carboxylic acids is 1. The zero-order valence-electron chi connectivity index (χ0n) is 14.9. The third-order valence-electron chi connectivity index (χ3n) is 5.07. The van der Waals surface area contributed by atoms with E-state index in [1.54, 1.807) is 12.1 Å². The number of benzene rings is 1. The number of hydrogen-bond acceptors (Lipinski definition) is 4. The number of halogens is 2. The van der Waals surface area contributed by atoms with Gasteiger partial charge in [0.15, 0.2) is 6.29 Å². The molecule has 1 saturated heterocycles. The van der Waals surface area contributed by atoms with Gasteiger partial charge in [0.2, 0.25) is 0 Å². The van der Waals surface area contributed by atoms with E-state index in [1.807, 2.05) is 0 Å². The van der Waals surface area contributed by atoms with Gasteiger partial charge in [-0.15, -0.1) is 0 Å². The Morgan fingerprint density at radius 2 is 2.12 bits per heavy atom. The highest BCUT2D eigenvalue weighted by Crippen LogP contribution is 2.32. The Hall–Kier alpha value is -1.76. The zero-order chi connectivity index (χ0) is 18.5. The molecule has 0 unspecified atom stereocenters. The predicted octanol–water partition coefficient (Wildman–Crippen LogP) is 3.16. The molecule has 2 aromatic rings. The van der Waals surface area contributed by atoms with E-state index in [9.17, 15) is 9.18 Å².